The number of aliphatic carboxylic acids is 1. The second-order valence-corrected chi connectivity index (χ2v) is 4.66. The molecule has 7 heteroatoms. The normalized spacial score (nSPS) is 15.5. The summed E-state index contributed by atoms with van der Waals surface area (Å²) in [6, 6.07) is 0. The molecule has 1 saturated carbocycles. The van der Waals surface area contributed by atoms with E-state index in [4.69, 9.17) is 5.11 Å². The van der Waals surface area contributed by atoms with Crippen LogP contribution in [0.25, 0.3) is 0 Å². The molecule has 1 fully saturated rings. The fourth-order valence-corrected chi connectivity index (χ4v) is 2.23. The summed E-state index contributed by atoms with van der Waals surface area (Å²) < 4.78 is 1.32. The quantitative estimate of drug-likeness (QED) is 0.720. The van der Waals surface area contributed by atoms with Gasteiger partial charge in [-0.1, -0.05) is 24.6 Å². The molecule has 1 aromatic rings. The van der Waals surface area contributed by atoms with Gasteiger partial charge >= 0.3 is 5.97 Å². The number of rotatable bonds is 6. The van der Waals surface area contributed by atoms with E-state index in [0.717, 1.165) is 11.7 Å². The number of carboxylic acids is 1. The Morgan fingerprint density at radius 3 is 3.07 bits per heavy atom. The van der Waals surface area contributed by atoms with Crippen LogP contribution in [0.4, 0.5) is 0 Å². The summed E-state index contributed by atoms with van der Waals surface area (Å²) in [5, 5.41) is 20.1. The summed E-state index contributed by atoms with van der Waals surface area (Å²) in [7, 11) is 0. The number of thioether (sulfide) groups is 1. The molecule has 15 heavy (non-hydrogen) atoms. The first-order valence-electron chi connectivity index (χ1n) is 4.86. The SMILES string of the molecule is O=C(O)Cn1nnnc1SCCC1CC1. The maximum absolute atomic E-state index is 10.5. The summed E-state index contributed by atoms with van der Waals surface area (Å²) in [6.07, 6.45) is 3.84. The van der Waals surface area contributed by atoms with E-state index in [1.165, 1.54) is 35.7 Å². The molecule has 0 amide bonds. The van der Waals surface area contributed by atoms with Gasteiger partial charge in [-0.2, -0.15) is 0 Å². The van der Waals surface area contributed by atoms with Crippen molar-refractivity contribution in [1.29, 1.82) is 0 Å². The number of aromatic nitrogens is 4. The lowest BCUT2D eigenvalue weighted by Gasteiger charge is -2.00. The topological polar surface area (TPSA) is 80.9 Å². The Balaban J connectivity index is 1.83. The summed E-state index contributed by atoms with van der Waals surface area (Å²) >= 11 is 1.53. The van der Waals surface area contributed by atoms with E-state index in [2.05, 4.69) is 15.5 Å². The van der Waals surface area contributed by atoms with Crippen LogP contribution < -0.4 is 0 Å². The monoisotopic (exact) mass is 228 g/mol. The maximum Gasteiger partial charge on any atom is 0.325 e. The minimum atomic E-state index is -0.925. The van der Waals surface area contributed by atoms with Gasteiger partial charge in [-0.25, -0.2) is 4.68 Å². The Morgan fingerprint density at radius 1 is 1.60 bits per heavy atom. The van der Waals surface area contributed by atoms with Crippen LogP contribution in [-0.4, -0.2) is 37.0 Å². The molecule has 82 valence electrons. The molecule has 0 saturated heterocycles. The molecule has 0 aromatic carbocycles. The molecular formula is C8H12N4O2S. The molecule has 6 nitrogen and oxygen atoms in total. The lowest BCUT2D eigenvalue weighted by atomic mass is 10.3. The summed E-state index contributed by atoms with van der Waals surface area (Å²) in [4.78, 5) is 10.5. The van der Waals surface area contributed by atoms with Crippen molar-refractivity contribution < 1.29 is 9.90 Å². The van der Waals surface area contributed by atoms with Crippen LogP contribution in [0.5, 0.6) is 0 Å². The molecule has 1 aromatic heterocycles. The minimum absolute atomic E-state index is 0.168. The predicted octanol–water partition coefficient (Wildman–Crippen LogP) is 0.650. The highest BCUT2D eigenvalue weighted by atomic mass is 32.2. The van der Waals surface area contributed by atoms with Crippen LogP contribution in [0.1, 0.15) is 19.3 Å². The lowest BCUT2D eigenvalue weighted by Crippen LogP contribution is -2.11. The Morgan fingerprint density at radius 2 is 2.40 bits per heavy atom. The summed E-state index contributed by atoms with van der Waals surface area (Å²) in [5.41, 5.74) is 0. The molecule has 1 heterocycles. The molecule has 1 aliphatic rings. The number of carbonyl (C=O) groups is 1. The van der Waals surface area contributed by atoms with E-state index in [1.807, 2.05) is 0 Å². The van der Waals surface area contributed by atoms with Crippen molar-refractivity contribution in [1.82, 2.24) is 20.2 Å². The van der Waals surface area contributed by atoms with Gasteiger partial charge < -0.3 is 5.11 Å². The average molecular weight is 228 g/mol. The van der Waals surface area contributed by atoms with Crippen LogP contribution >= 0.6 is 11.8 Å². The number of hydrogen-bond acceptors (Lipinski definition) is 5. The second kappa shape index (κ2) is 4.61. The predicted molar refractivity (Wildman–Crippen MR) is 53.5 cm³/mol. The largest absolute Gasteiger partial charge is 0.480 e. The van der Waals surface area contributed by atoms with Gasteiger partial charge in [0.25, 0.3) is 0 Å². The molecule has 0 radical (unpaired) electrons. The van der Waals surface area contributed by atoms with Gasteiger partial charge in [0.1, 0.15) is 6.54 Å². The molecule has 0 spiro atoms. The molecule has 0 atom stereocenters. The number of hydrogen-bond donors (Lipinski definition) is 1. The third-order valence-electron chi connectivity index (χ3n) is 2.24. The third kappa shape index (κ3) is 3.19. The zero-order chi connectivity index (χ0) is 10.7. The van der Waals surface area contributed by atoms with Gasteiger partial charge in [0, 0.05) is 5.75 Å². The van der Waals surface area contributed by atoms with Crippen molar-refractivity contribution >= 4 is 17.7 Å². The molecule has 0 aliphatic heterocycles. The second-order valence-electron chi connectivity index (χ2n) is 3.59. The van der Waals surface area contributed by atoms with Crippen molar-refractivity contribution in [2.24, 2.45) is 5.92 Å². The highest BCUT2D eigenvalue weighted by Gasteiger charge is 2.21. The molecule has 1 N–H and O–H groups in total. The van der Waals surface area contributed by atoms with Gasteiger partial charge in [0.05, 0.1) is 0 Å². The number of tetrazole rings is 1. The van der Waals surface area contributed by atoms with E-state index in [-0.39, 0.29) is 6.54 Å². The minimum Gasteiger partial charge on any atom is -0.480 e. The van der Waals surface area contributed by atoms with Crippen LogP contribution in [0, 0.1) is 5.92 Å². The first-order chi connectivity index (χ1) is 7.25. The van der Waals surface area contributed by atoms with E-state index >= 15 is 0 Å². The van der Waals surface area contributed by atoms with Crippen molar-refractivity contribution in [3.63, 3.8) is 0 Å². The fraction of sp³-hybridized carbons (Fsp3) is 0.750. The maximum atomic E-state index is 10.5. The third-order valence-corrected chi connectivity index (χ3v) is 3.23. The van der Waals surface area contributed by atoms with Crippen LogP contribution in [-0.2, 0) is 11.3 Å². The lowest BCUT2D eigenvalue weighted by molar-refractivity contribution is -0.138. The Kier molecular flexibility index (Phi) is 3.20. The van der Waals surface area contributed by atoms with Crippen molar-refractivity contribution in [3.05, 3.63) is 0 Å². The van der Waals surface area contributed by atoms with Gasteiger partial charge in [0.15, 0.2) is 0 Å². The zero-order valence-electron chi connectivity index (χ0n) is 8.17. The van der Waals surface area contributed by atoms with E-state index in [9.17, 15) is 4.79 Å². The standard InChI is InChI=1S/C8H12N4O2S/c13-7(14)5-12-8(9-10-11-12)15-4-3-6-1-2-6/h6H,1-5H2,(H,13,14). The first-order valence-corrected chi connectivity index (χ1v) is 5.85. The van der Waals surface area contributed by atoms with Crippen molar-refractivity contribution in [2.45, 2.75) is 31.0 Å². The zero-order valence-corrected chi connectivity index (χ0v) is 8.98. The molecule has 2 rings (SSSR count). The first kappa shape index (κ1) is 10.4. The Labute approximate surface area is 91.0 Å². The smallest absolute Gasteiger partial charge is 0.325 e. The van der Waals surface area contributed by atoms with Crippen molar-refractivity contribution in [2.75, 3.05) is 5.75 Å². The molecule has 1 aliphatic carbocycles. The Bertz CT molecular complexity index is 350. The molecule has 0 bridgehead atoms. The average Bonchev–Trinajstić information content (AvgIpc) is 2.89. The van der Waals surface area contributed by atoms with Crippen LogP contribution in [0.3, 0.4) is 0 Å². The van der Waals surface area contributed by atoms with Gasteiger partial charge in [-0.05, 0) is 22.8 Å². The number of nitrogens with zero attached hydrogens (tertiary/aromatic N) is 4. The van der Waals surface area contributed by atoms with Gasteiger partial charge in [-0.3, -0.25) is 4.79 Å². The van der Waals surface area contributed by atoms with Gasteiger partial charge in [0.2, 0.25) is 5.16 Å². The van der Waals surface area contributed by atoms with E-state index in [1.54, 1.807) is 0 Å². The van der Waals surface area contributed by atoms with Crippen LogP contribution in [0.2, 0.25) is 0 Å². The van der Waals surface area contributed by atoms with Gasteiger partial charge in [-0.15, -0.1) is 5.10 Å². The summed E-state index contributed by atoms with van der Waals surface area (Å²) in [6.45, 7) is -0.168. The number of carboxylic acid groups (broad SMARTS) is 1. The van der Waals surface area contributed by atoms with Crippen LogP contribution in [0.15, 0.2) is 5.16 Å². The van der Waals surface area contributed by atoms with E-state index < -0.39 is 5.97 Å². The summed E-state index contributed by atoms with van der Waals surface area (Å²) in [5.74, 6) is 0.914. The molecule has 0 unspecified atom stereocenters. The van der Waals surface area contributed by atoms with Crippen molar-refractivity contribution in [3.8, 4) is 0 Å². The van der Waals surface area contributed by atoms with E-state index in [0.29, 0.717) is 5.16 Å². The highest BCUT2D eigenvalue weighted by molar-refractivity contribution is 7.99. The fourth-order valence-electron chi connectivity index (χ4n) is 1.25. The Hall–Kier alpha value is -1.11. The highest BCUT2D eigenvalue weighted by Crippen LogP contribution is 2.34. The molecular weight excluding hydrogens is 216 g/mol.